The van der Waals surface area contributed by atoms with Crippen LogP contribution >= 0.6 is 0 Å². The van der Waals surface area contributed by atoms with Crippen molar-refractivity contribution in [3.05, 3.63) is 59.8 Å². The molecule has 20 heavy (non-hydrogen) atoms. The molecule has 0 saturated heterocycles. The zero-order valence-electron chi connectivity index (χ0n) is 11.4. The highest BCUT2D eigenvalue weighted by Crippen LogP contribution is 2.32. The number of para-hydroxylation sites is 1. The molecule has 0 radical (unpaired) electrons. The van der Waals surface area contributed by atoms with Crippen molar-refractivity contribution in [1.82, 2.24) is 4.57 Å². The van der Waals surface area contributed by atoms with Crippen molar-refractivity contribution in [2.75, 3.05) is 0 Å². The lowest BCUT2D eigenvalue weighted by molar-refractivity contribution is 0.0687. The fourth-order valence-corrected chi connectivity index (χ4v) is 2.71. The SMILES string of the molecule is Cc1ccccc1-c1cccc2cc(C(=O)O)n(C)c12. The van der Waals surface area contributed by atoms with Crippen LogP contribution in [0.2, 0.25) is 0 Å². The molecule has 0 fully saturated rings. The Kier molecular flexibility index (Phi) is 2.83. The maximum atomic E-state index is 11.3. The number of hydrogen-bond acceptors (Lipinski definition) is 1. The number of fused-ring (bicyclic) bond motifs is 1. The number of aromatic nitrogens is 1. The number of carboxylic acid groups (broad SMARTS) is 1. The molecule has 0 aliphatic carbocycles. The van der Waals surface area contributed by atoms with Crippen LogP contribution in [0.5, 0.6) is 0 Å². The summed E-state index contributed by atoms with van der Waals surface area (Å²) in [6.45, 7) is 2.06. The lowest BCUT2D eigenvalue weighted by Gasteiger charge is -2.10. The van der Waals surface area contributed by atoms with E-state index in [4.69, 9.17) is 0 Å². The molecule has 2 aromatic carbocycles. The van der Waals surface area contributed by atoms with Crippen molar-refractivity contribution in [1.29, 1.82) is 0 Å². The molecule has 3 aromatic rings. The quantitative estimate of drug-likeness (QED) is 0.764. The first-order chi connectivity index (χ1) is 9.59. The number of benzene rings is 2. The van der Waals surface area contributed by atoms with E-state index < -0.39 is 5.97 Å². The summed E-state index contributed by atoms with van der Waals surface area (Å²) in [5, 5.41) is 10.2. The van der Waals surface area contributed by atoms with E-state index >= 15 is 0 Å². The summed E-state index contributed by atoms with van der Waals surface area (Å²) in [6, 6.07) is 15.8. The fourth-order valence-electron chi connectivity index (χ4n) is 2.71. The number of hydrogen-bond donors (Lipinski definition) is 1. The second-order valence-corrected chi connectivity index (χ2v) is 4.95. The van der Waals surface area contributed by atoms with Crippen LogP contribution in [0, 0.1) is 6.92 Å². The number of aromatic carboxylic acids is 1. The number of aryl methyl sites for hydroxylation is 2. The highest BCUT2D eigenvalue weighted by atomic mass is 16.4. The Morgan fingerprint density at radius 1 is 1.05 bits per heavy atom. The third kappa shape index (κ3) is 1.79. The van der Waals surface area contributed by atoms with E-state index in [1.54, 1.807) is 17.7 Å². The molecular weight excluding hydrogens is 250 g/mol. The Hall–Kier alpha value is -2.55. The Labute approximate surface area is 117 Å². The van der Waals surface area contributed by atoms with Crippen molar-refractivity contribution in [3.63, 3.8) is 0 Å². The summed E-state index contributed by atoms with van der Waals surface area (Å²) < 4.78 is 1.75. The van der Waals surface area contributed by atoms with Gasteiger partial charge in [0.05, 0.1) is 5.52 Å². The molecule has 0 saturated carbocycles. The molecule has 0 aliphatic heterocycles. The van der Waals surface area contributed by atoms with Crippen LogP contribution in [0.15, 0.2) is 48.5 Å². The van der Waals surface area contributed by atoms with Crippen LogP contribution < -0.4 is 0 Å². The Morgan fingerprint density at radius 3 is 2.45 bits per heavy atom. The summed E-state index contributed by atoms with van der Waals surface area (Å²) in [5.74, 6) is -0.903. The van der Waals surface area contributed by atoms with Gasteiger partial charge in [0, 0.05) is 18.0 Å². The van der Waals surface area contributed by atoms with Crippen LogP contribution in [-0.2, 0) is 7.05 Å². The molecule has 3 nitrogen and oxygen atoms in total. The summed E-state index contributed by atoms with van der Waals surface area (Å²) >= 11 is 0. The largest absolute Gasteiger partial charge is 0.477 e. The second-order valence-electron chi connectivity index (χ2n) is 4.95. The molecule has 0 spiro atoms. The molecule has 3 rings (SSSR count). The molecular formula is C17H15NO2. The number of carboxylic acids is 1. The van der Waals surface area contributed by atoms with Crippen molar-refractivity contribution in [2.45, 2.75) is 6.92 Å². The molecule has 1 heterocycles. The van der Waals surface area contributed by atoms with Gasteiger partial charge in [-0.2, -0.15) is 0 Å². The monoisotopic (exact) mass is 265 g/mol. The molecule has 0 unspecified atom stereocenters. The predicted octanol–water partition coefficient (Wildman–Crippen LogP) is 3.85. The van der Waals surface area contributed by atoms with E-state index in [1.807, 2.05) is 30.3 Å². The zero-order chi connectivity index (χ0) is 14.3. The Balaban J connectivity index is 2.38. The topological polar surface area (TPSA) is 42.2 Å². The normalized spacial score (nSPS) is 10.9. The van der Waals surface area contributed by atoms with E-state index in [9.17, 15) is 9.90 Å². The van der Waals surface area contributed by atoms with E-state index in [0.717, 1.165) is 22.0 Å². The van der Waals surface area contributed by atoms with Crippen molar-refractivity contribution >= 4 is 16.9 Å². The average molecular weight is 265 g/mol. The maximum Gasteiger partial charge on any atom is 0.352 e. The van der Waals surface area contributed by atoms with Crippen LogP contribution in [0.4, 0.5) is 0 Å². The van der Waals surface area contributed by atoms with Gasteiger partial charge in [0.2, 0.25) is 0 Å². The Morgan fingerprint density at radius 2 is 1.75 bits per heavy atom. The number of carbonyl (C=O) groups is 1. The van der Waals surface area contributed by atoms with Crippen LogP contribution in [0.3, 0.4) is 0 Å². The van der Waals surface area contributed by atoms with Gasteiger partial charge in [-0.1, -0.05) is 42.5 Å². The van der Waals surface area contributed by atoms with Gasteiger partial charge in [-0.3, -0.25) is 0 Å². The van der Waals surface area contributed by atoms with Gasteiger partial charge < -0.3 is 9.67 Å². The van der Waals surface area contributed by atoms with Gasteiger partial charge in [0.15, 0.2) is 0 Å². The summed E-state index contributed by atoms with van der Waals surface area (Å²) in [7, 11) is 1.80. The maximum absolute atomic E-state index is 11.3. The van der Waals surface area contributed by atoms with Gasteiger partial charge in [-0.15, -0.1) is 0 Å². The lowest BCUT2D eigenvalue weighted by atomic mass is 9.99. The van der Waals surface area contributed by atoms with E-state index in [0.29, 0.717) is 5.69 Å². The van der Waals surface area contributed by atoms with Crippen molar-refractivity contribution < 1.29 is 9.90 Å². The van der Waals surface area contributed by atoms with Gasteiger partial charge >= 0.3 is 5.97 Å². The molecule has 1 N–H and O–H groups in total. The summed E-state index contributed by atoms with van der Waals surface area (Å²) in [6.07, 6.45) is 0. The van der Waals surface area contributed by atoms with Crippen LogP contribution in [0.25, 0.3) is 22.0 Å². The molecule has 0 amide bonds. The summed E-state index contributed by atoms with van der Waals surface area (Å²) in [5.41, 5.74) is 4.64. The van der Waals surface area contributed by atoms with E-state index in [1.165, 1.54) is 5.56 Å². The Bertz CT molecular complexity index is 815. The minimum atomic E-state index is -0.903. The van der Waals surface area contributed by atoms with Crippen molar-refractivity contribution in [2.24, 2.45) is 7.05 Å². The summed E-state index contributed by atoms with van der Waals surface area (Å²) in [4.78, 5) is 11.3. The first-order valence-electron chi connectivity index (χ1n) is 6.47. The fraction of sp³-hybridized carbons (Fsp3) is 0.118. The van der Waals surface area contributed by atoms with Crippen LogP contribution in [0.1, 0.15) is 16.1 Å². The predicted molar refractivity (Wildman–Crippen MR) is 80.1 cm³/mol. The highest BCUT2D eigenvalue weighted by Gasteiger charge is 2.15. The lowest BCUT2D eigenvalue weighted by Crippen LogP contribution is -2.04. The molecule has 0 bridgehead atoms. The first-order valence-corrected chi connectivity index (χ1v) is 6.47. The smallest absolute Gasteiger partial charge is 0.352 e. The molecule has 3 heteroatoms. The minimum absolute atomic E-state index is 0.307. The highest BCUT2D eigenvalue weighted by molar-refractivity contribution is 6.01. The molecule has 100 valence electrons. The third-order valence-electron chi connectivity index (χ3n) is 3.71. The van der Waals surface area contributed by atoms with Crippen LogP contribution in [-0.4, -0.2) is 15.6 Å². The van der Waals surface area contributed by atoms with E-state index in [-0.39, 0.29) is 0 Å². The van der Waals surface area contributed by atoms with Gasteiger partial charge in [-0.25, -0.2) is 4.79 Å². The number of rotatable bonds is 2. The number of nitrogens with zero attached hydrogens (tertiary/aromatic N) is 1. The van der Waals surface area contributed by atoms with E-state index in [2.05, 4.69) is 19.1 Å². The molecule has 0 aliphatic rings. The molecule has 1 aromatic heterocycles. The third-order valence-corrected chi connectivity index (χ3v) is 3.71. The molecule has 0 atom stereocenters. The van der Waals surface area contributed by atoms with Gasteiger partial charge in [-0.05, 0) is 24.1 Å². The van der Waals surface area contributed by atoms with Gasteiger partial charge in [0.25, 0.3) is 0 Å². The van der Waals surface area contributed by atoms with Crippen molar-refractivity contribution in [3.8, 4) is 11.1 Å². The average Bonchev–Trinajstić information content (AvgIpc) is 2.77. The van der Waals surface area contributed by atoms with Gasteiger partial charge in [0.1, 0.15) is 5.69 Å². The zero-order valence-corrected chi connectivity index (χ0v) is 11.4. The standard InChI is InChI=1S/C17H15NO2/c1-11-6-3-4-8-13(11)14-9-5-7-12-10-15(17(19)20)18(2)16(12)14/h3-10H,1-2H3,(H,19,20). The first kappa shape index (κ1) is 12.5. The second kappa shape index (κ2) is 4.53. The minimum Gasteiger partial charge on any atom is -0.477 e.